The molecule has 4 aromatic rings. The number of hydrogen-bond donors (Lipinski definition) is 2. The van der Waals surface area contributed by atoms with Gasteiger partial charge in [0.05, 0.1) is 16.3 Å². The minimum absolute atomic E-state index is 0.0734. The molecular formula is C21H14ClN3O3. The Bertz CT molecular complexity index is 1200. The highest BCUT2D eigenvalue weighted by Crippen LogP contribution is 2.22. The van der Waals surface area contributed by atoms with Crippen molar-refractivity contribution < 1.29 is 14.7 Å². The summed E-state index contributed by atoms with van der Waals surface area (Å²) in [5.74, 6) is -1.53. The first-order valence-electron chi connectivity index (χ1n) is 8.39. The Hall–Kier alpha value is -3.64. The molecule has 6 nitrogen and oxygen atoms in total. The molecule has 2 heterocycles. The van der Waals surface area contributed by atoms with E-state index in [2.05, 4.69) is 10.3 Å². The minimum atomic E-state index is -1.16. The van der Waals surface area contributed by atoms with Crippen LogP contribution in [0.25, 0.3) is 16.9 Å². The number of carbonyl (C=O) groups is 2. The molecule has 138 valence electrons. The van der Waals surface area contributed by atoms with Crippen LogP contribution in [0.4, 0.5) is 5.69 Å². The molecule has 0 radical (unpaired) electrons. The normalized spacial score (nSPS) is 10.8. The molecule has 0 aliphatic rings. The molecule has 7 heteroatoms. The first-order chi connectivity index (χ1) is 13.5. The summed E-state index contributed by atoms with van der Waals surface area (Å²) in [5.41, 5.74) is 3.11. The monoisotopic (exact) mass is 391 g/mol. The van der Waals surface area contributed by atoms with E-state index in [1.54, 1.807) is 24.4 Å². The predicted octanol–water partition coefficient (Wildman–Crippen LogP) is 4.61. The third-order valence-electron chi connectivity index (χ3n) is 4.25. The Balaban J connectivity index is 1.61. The summed E-state index contributed by atoms with van der Waals surface area (Å²) in [5, 5.41) is 11.9. The van der Waals surface area contributed by atoms with Crippen LogP contribution in [0.5, 0.6) is 0 Å². The Labute approximate surface area is 165 Å². The second-order valence-corrected chi connectivity index (χ2v) is 6.53. The number of carboxylic acids is 1. The highest BCUT2D eigenvalue weighted by molar-refractivity contribution is 6.33. The molecule has 0 saturated carbocycles. The summed E-state index contributed by atoms with van der Waals surface area (Å²) >= 11 is 5.86. The standard InChI is InChI=1S/C21H14ClN3O3/c22-17-7-6-15(11-16(17)21(27)28)23-20(26)14-8-9-25-12-18(24-19(25)10-14)13-4-2-1-3-5-13/h1-12H,(H,23,26)(H,27,28). The topological polar surface area (TPSA) is 83.7 Å². The maximum absolute atomic E-state index is 12.6. The first kappa shape index (κ1) is 17.8. The molecule has 0 unspecified atom stereocenters. The molecule has 0 aliphatic heterocycles. The van der Waals surface area contributed by atoms with E-state index in [1.807, 2.05) is 40.9 Å². The fourth-order valence-corrected chi connectivity index (χ4v) is 3.04. The number of anilines is 1. The lowest BCUT2D eigenvalue weighted by Gasteiger charge is -2.07. The lowest BCUT2D eigenvalue weighted by Crippen LogP contribution is -2.13. The molecule has 0 fully saturated rings. The number of pyridine rings is 1. The third kappa shape index (κ3) is 3.45. The molecule has 2 aromatic carbocycles. The number of benzene rings is 2. The summed E-state index contributed by atoms with van der Waals surface area (Å²) in [6.07, 6.45) is 3.65. The molecule has 0 atom stereocenters. The van der Waals surface area contributed by atoms with Gasteiger partial charge < -0.3 is 14.8 Å². The van der Waals surface area contributed by atoms with E-state index in [1.165, 1.54) is 12.1 Å². The third-order valence-corrected chi connectivity index (χ3v) is 4.58. The number of amides is 1. The number of fused-ring (bicyclic) bond motifs is 1. The Morgan fingerprint density at radius 2 is 1.82 bits per heavy atom. The number of halogens is 1. The quantitative estimate of drug-likeness (QED) is 0.532. The molecule has 4 rings (SSSR count). The molecule has 0 aliphatic carbocycles. The van der Waals surface area contributed by atoms with Crippen LogP contribution >= 0.6 is 11.6 Å². The van der Waals surface area contributed by atoms with Gasteiger partial charge in [0.2, 0.25) is 0 Å². The molecular weight excluding hydrogens is 378 g/mol. The van der Waals surface area contributed by atoms with Gasteiger partial charge in [-0.05, 0) is 30.3 Å². The number of carbonyl (C=O) groups excluding carboxylic acids is 1. The van der Waals surface area contributed by atoms with Crippen LogP contribution in [0.1, 0.15) is 20.7 Å². The summed E-state index contributed by atoms with van der Waals surface area (Å²) < 4.78 is 1.84. The van der Waals surface area contributed by atoms with E-state index in [0.29, 0.717) is 16.9 Å². The van der Waals surface area contributed by atoms with Crippen molar-refractivity contribution >= 4 is 34.8 Å². The Kier molecular flexibility index (Phi) is 4.55. The number of imidazole rings is 1. The van der Waals surface area contributed by atoms with Crippen LogP contribution in [-0.2, 0) is 0 Å². The lowest BCUT2D eigenvalue weighted by molar-refractivity contribution is 0.0696. The second-order valence-electron chi connectivity index (χ2n) is 6.13. The minimum Gasteiger partial charge on any atom is -0.478 e. The molecule has 0 spiro atoms. The zero-order valence-corrected chi connectivity index (χ0v) is 15.2. The average Bonchev–Trinajstić information content (AvgIpc) is 3.13. The van der Waals surface area contributed by atoms with Crippen molar-refractivity contribution in [3.63, 3.8) is 0 Å². The van der Waals surface area contributed by atoms with E-state index in [0.717, 1.165) is 11.3 Å². The van der Waals surface area contributed by atoms with Gasteiger partial charge in [0.15, 0.2) is 0 Å². The fourth-order valence-electron chi connectivity index (χ4n) is 2.84. The van der Waals surface area contributed by atoms with Crippen molar-refractivity contribution in [1.29, 1.82) is 0 Å². The van der Waals surface area contributed by atoms with Gasteiger partial charge in [0.25, 0.3) is 5.91 Å². The molecule has 0 bridgehead atoms. The zero-order valence-electron chi connectivity index (χ0n) is 14.5. The van der Waals surface area contributed by atoms with Crippen molar-refractivity contribution in [2.45, 2.75) is 0 Å². The van der Waals surface area contributed by atoms with Gasteiger partial charge in [-0.3, -0.25) is 4.79 Å². The lowest BCUT2D eigenvalue weighted by atomic mass is 10.2. The van der Waals surface area contributed by atoms with E-state index in [9.17, 15) is 9.59 Å². The Morgan fingerprint density at radius 3 is 2.57 bits per heavy atom. The number of aromatic nitrogens is 2. The first-order valence-corrected chi connectivity index (χ1v) is 8.77. The van der Waals surface area contributed by atoms with Crippen LogP contribution in [0.15, 0.2) is 73.1 Å². The summed E-state index contributed by atoms with van der Waals surface area (Å²) in [6.45, 7) is 0. The van der Waals surface area contributed by atoms with E-state index in [-0.39, 0.29) is 16.5 Å². The van der Waals surface area contributed by atoms with Crippen LogP contribution in [0, 0.1) is 0 Å². The van der Waals surface area contributed by atoms with Crippen LogP contribution in [0.3, 0.4) is 0 Å². The van der Waals surface area contributed by atoms with Gasteiger partial charge in [-0.15, -0.1) is 0 Å². The van der Waals surface area contributed by atoms with Crippen LogP contribution in [-0.4, -0.2) is 26.4 Å². The van der Waals surface area contributed by atoms with E-state index in [4.69, 9.17) is 16.7 Å². The molecule has 1 amide bonds. The molecule has 0 saturated heterocycles. The number of carboxylic acid groups (broad SMARTS) is 1. The van der Waals surface area contributed by atoms with Crippen molar-refractivity contribution in [1.82, 2.24) is 9.38 Å². The predicted molar refractivity (Wildman–Crippen MR) is 107 cm³/mol. The zero-order chi connectivity index (χ0) is 19.7. The number of rotatable bonds is 4. The molecule has 28 heavy (non-hydrogen) atoms. The number of nitrogens with zero attached hydrogens (tertiary/aromatic N) is 2. The van der Waals surface area contributed by atoms with E-state index < -0.39 is 5.97 Å². The average molecular weight is 392 g/mol. The smallest absolute Gasteiger partial charge is 0.337 e. The number of nitrogens with one attached hydrogen (secondary N) is 1. The highest BCUT2D eigenvalue weighted by Gasteiger charge is 2.13. The van der Waals surface area contributed by atoms with Gasteiger partial charge in [0.1, 0.15) is 5.65 Å². The highest BCUT2D eigenvalue weighted by atomic mass is 35.5. The van der Waals surface area contributed by atoms with Crippen molar-refractivity contribution in [3.05, 3.63) is 89.2 Å². The number of hydrogen-bond acceptors (Lipinski definition) is 3. The van der Waals surface area contributed by atoms with Gasteiger partial charge >= 0.3 is 5.97 Å². The van der Waals surface area contributed by atoms with Crippen LogP contribution in [0.2, 0.25) is 5.02 Å². The van der Waals surface area contributed by atoms with Crippen molar-refractivity contribution in [2.75, 3.05) is 5.32 Å². The van der Waals surface area contributed by atoms with E-state index >= 15 is 0 Å². The largest absolute Gasteiger partial charge is 0.478 e. The SMILES string of the molecule is O=C(Nc1ccc(Cl)c(C(=O)O)c1)c1ccn2cc(-c3ccccc3)nc2c1. The molecule has 2 aromatic heterocycles. The molecule has 2 N–H and O–H groups in total. The second kappa shape index (κ2) is 7.17. The van der Waals surface area contributed by atoms with Gasteiger partial charge in [-0.2, -0.15) is 0 Å². The number of aromatic carboxylic acids is 1. The van der Waals surface area contributed by atoms with Crippen LogP contribution < -0.4 is 5.32 Å². The maximum atomic E-state index is 12.6. The van der Waals surface area contributed by atoms with Crippen molar-refractivity contribution in [2.24, 2.45) is 0 Å². The maximum Gasteiger partial charge on any atom is 0.337 e. The summed E-state index contributed by atoms with van der Waals surface area (Å²) in [7, 11) is 0. The Morgan fingerprint density at radius 1 is 1.04 bits per heavy atom. The summed E-state index contributed by atoms with van der Waals surface area (Å²) in [4.78, 5) is 28.3. The fraction of sp³-hybridized carbons (Fsp3) is 0. The van der Waals surface area contributed by atoms with Gasteiger partial charge in [-0.1, -0.05) is 41.9 Å². The summed E-state index contributed by atoms with van der Waals surface area (Å²) in [6, 6.07) is 17.4. The van der Waals surface area contributed by atoms with Gasteiger partial charge in [-0.25, -0.2) is 9.78 Å². The van der Waals surface area contributed by atoms with Gasteiger partial charge in [0, 0.05) is 29.2 Å². The van der Waals surface area contributed by atoms with Crippen molar-refractivity contribution in [3.8, 4) is 11.3 Å².